The minimum absolute atomic E-state index is 0.108. The highest BCUT2D eigenvalue weighted by Gasteiger charge is 2.33. The van der Waals surface area contributed by atoms with Gasteiger partial charge in [-0.1, -0.05) is 82.3 Å². The Balaban J connectivity index is 1.88. The standard InChI is InChI=1S/C37H38N2O4/c1-8-42-36(40)31-30(32(37(41)43-9-2)34(22(5)6)39-33(31)21(3)4)29-18-17-24-14-12-16-28(35(24)38-29)26-19-23(7)27-15-11-10-13-25(27)20-26/h10-22H,8-9H2,1-7H3. The number of pyridine rings is 2. The zero-order chi connectivity index (χ0) is 30.8. The fourth-order valence-electron chi connectivity index (χ4n) is 5.71. The predicted molar refractivity (Wildman–Crippen MR) is 173 cm³/mol. The minimum atomic E-state index is -0.533. The number of rotatable bonds is 8. The maximum Gasteiger partial charge on any atom is 0.340 e. The molecule has 0 saturated carbocycles. The second-order valence-corrected chi connectivity index (χ2v) is 11.3. The Hall–Kier alpha value is -4.58. The summed E-state index contributed by atoms with van der Waals surface area (Å²) in [7, 11) is 0. The lowest BCUT2D eigenvalue weighted by Gasteiger charge is -2.23. The van der Waals surface area contributed by atoms with E-state index in [2.05, 4.69) is 43.3 Å². The van der Waals surface area contributed by atoms with E-state index in [-0.39, 0.29) is 36.2 Å². The first-order chi connectivity index (χ1) is 20.7. The van der Waals surface area contributed by atoms with Crippen LogP contribution in [0.2, 0.25) is 0 Å². The van der Waals surface area contributed by atoms with Crippen molar-refractivity contribution in [1.29, 1.82) is 0 Å². The lowest BCUT2D eigenvalue weighted by atomic mass is 9.88. The average molecular weight is 575 g/mol. The van der Waals surface area contributed by atoms with Crippen LogP contribution >= 0.6 is 0 Å². The molecule has 0 saturated heterocycles. The third-order valence-corrected chi connectivity index (χ3v) is 7.66. The van der Waals surface area contributed by atoms with Crippen molar-refractivity contribution in [2.75, 3.05) is 13.2 Å². The van der Waals surface area contributed by atoms with Crippen molar-refractivity contribution in [2.45, 2.75) is 60.3 Å². The topological polar surface area (TPSA) is 78.4 Å². The summed E-state index contributed by atoms with van der Waals surface area (Å²) in [6.07, 6.45) is 0. The van der Waals surface area contributed by atoms with Gasteiger partial charge in [0.25, 0.3) is 0 Å². The van der Waals surface area contributed by atoms with Crippen LogP contribution in [0.4, 0.5) is 0 Å². The third-order valence-electron chi connectivity index (χ3n) is 7.66. The van der Waals surface area contributed by atoms with Crippen molar-refractivity contribution in [3.63, 3.8) is 0 Å². The number of nitrogens with zero attached hydrogens (tertiary/aromatic N) is 2. The van der Waals surface area contributed by atoms with Gasteiger partial charge in [-0.2, -0.15) is 0 Å². The number of ether oxygens (including phenoxy) is 2. The molecule has 5 rings (SSSR count). The van der Waals surface area contributed by atoms with E-state index in [0.29, 0.717) is 22.6 Å². The van der Waals surface area contributed by atoms with Gasteiger partial charge in [0.05, 0.1) is 46.9 Å². The molecule has 43 heavy (non-hydrogen) atoms. The number of carbonyl (C=O) groups excluding carboxylic acids is 2. The van der Waals surface area contributed by atoms with Gasteiger partial charge in [0.1, 0.15) is 0 Å². The number of fused-ring (bicyclic) bond motifs is 2. The Bertz CT molecular complexity index is 1810. The molecule has 0 bridgehead atoms. The third kappa shape index (κ3) is 5.62. The first kappa shape index (κ1) is 29.9. The molecule has 0 unspecified atom stereocenters. The molecule has 2 aromatic heterocycles. The summed E-state index contributed by atoms with van der Waals surface area (Å²) in [5, 5.41) is 3.30. The molecule has 0 aliphatic heterocycles. The van der Waals surface area contributed by atoms with Crippen LogP contribution in [0.25, 0.3) is 44.1 Å². The van der Waals surface area contributed by atoms with E-state index in [0.717, 1.165) is 27.4 Å². The Morgan fingerprint density at radius 3 is 1.93 bits per heavy atom. The highest BCUT2D eigenvalue weighted by molar-refractivity contribution is 6.08. The van der Waals surface area contributed by atoms with E-state index >= 15 is 0 Å². The summed E-state index contributed by atoms with van der Waals surface area (Å²) in [5.41, 5.74) is 6.52. The van der Waals surface area contributed by atoms with Crippen LogP contribution in [0, 0.1) is 6.92 Å². The predicted octanol–water partition coefficient (Wildman–Crippen LogP) is 9.03. The van der Waals surface area contributed by atoms with Crippen molar-refractivity contribution < 1.29 is 19.1 Å². The van der Waals surface area contributed by atoms with Crippen molar-refractivity contribution >= 4 is 33.6 Å². The fourth-order valence-corrected chi connectivity index (χ4v) is 5.71. The van der Waals surface area contributed by atoms with Crippen molar-refractivity contribution in [2.24, 2.45) is 0 Å². The maximum absolute atomic E-state index is 13.6. The molecule has 0 aliphatic carbocycles. The first-order valence-corrected chi connectivity index (χ1v) is 15.0. The maximum atomic E-state index is 13.6. The van der Waals surface area contributed by atoms with Gasteiger partial charge < -0.3 is 9.47 Å². The SMILES string of the molecule is CCOC(=O)c1c(C(C)C)nc(C(C)C)c(C(=O)OCC)c1-c1ccc2cccc(-c3cc(C)c4ccccc4c3)c2n1. The molecule has 6 heteroatoms. The van der Waals surface area contributed by atoms with Gasteiger partial charge >= 0.3 is 11.9 Å². The van der Waals surface area contributed by atoms with E-state index in [1.807, 2.05) is 58.0 Å². The minimum Gasteiger partial charge on any atom is -0.462 e. The van der Waals surface area contributed by atoms with Crippen LogP contribution < -0.4 is 0 Å². The number of carbonyl (C=O) groups is 2. The van der Waals surface area contributed by atoms with Gasteiger partial charge in [-0.05, 0) is 66.6 Å². The lowest BCUT2D eigenvalue weighted by Crippen LogP contribution is -2.21. The van der Waals surface area contributed by atoms with E-state index in [4.69, 9.17) is 19.4 Å². The number of benzene rings is 3. The fraction of sp³-hybridized carbons (Fsp3) is 0.297. The summed E-state index contributed by atoms with van der Waals surface area (Å²) in [6, 6.07) is 22.7. The van der Waals surface area contributed by atoms with Gasteiger partial charge in [-0.25, -0.2) is 14.6 Å². The Labute approximate surface area is 253 Å². The molecule has 0 fully saturated rings. The van der Waals surface area contributed by atoms with Gasteiger partial charge in [-0.15, -0.1) is 0 Å². The smallest absolute Gasteiger partial charge is 0.340 e. The quantitative estimate of drug-likeness (QED) is 0.172. The highest BCUT2D eigenvalue weighted by atomic mass is 16.5. The van der Waals surface area contributed by atoms with E-state index < -0.39 is 11.9 Å². The van der Waals surface area contributed by atoms with Crippen LogP contribution in [0.3, 0.4) is 0 Å². The van der Waals surface area contributed by atoms with Gasteiger partial charge in [-0.3, -0.25) is 4.98 Å². The molecule has 3 aromatic carbocycles. The number of hydrogen-bond acceptors (Lipinski definition) is 6. The number of esters is 2. The van der Waals surface area contributed by atoms with Crippen LogP contribution in [0.15, 0.2) is 66.7 Å². The Morgan fingerprint density at radius 1 is 0.721 bits per heavy atom. The number of hydrogen-bond donors (Lipinski definition) is 0. The second kappa shape index (κ2) is 12.3. The van der Waals surface area contributed by atoms with E-state index in [1.165, 1.54) is 10.9 Å². The van der Waals surface area contributed by atoms with Crippen molar-refractivity contribution in [1.82, 2.24) is 9.97 Å². The van der Waals surface area contributed by atoms with Gasteiger partial charge in [0, 0.05) is 16.5 Å². The molecule has 5 aromatic rings. The molecule has 0 aliphatic rings. The zero-order valence-corrected chi connectivity index (χ0v) is 25.9. The second-order valence-electron chi connectivity index (χ2n) is 11.3. The average Bonchev–Trinajstić information content (AvgIpc) is 2.99. The Morgan fingerprint density at radius 2 is 1.33 bits per heavy atom. The zero-order valence-electron chi connectivity index (χ0n) is 25.9. The molecular formula is C37H38N2O4. The number of aromatic nitrogens is 2. The van der Waals surface area contributed by atoms with Crippen LogP contribution in [0.1, 0.15) is 91.0 Å². The highest BCUT2D eigenvalue weighted by Crippen LogP contribution is 2.39. The van der Waals surface area contributed by atoms with Gasteiger partial charge in [0.2, 0.25) is 0 Å². The summed E-state index contributed by atoms with van der Waals surface area (Å²) >= 11 is 0. The summed E-state index contributed by atoms with van der Waals surface area (Å²) < 4.78 is 11.1. The molecule has 6 nitrogen and oxygen atoms in total. The molecule has 220 valence electrons. The van der Waals surface area contributed by atoms with Crippen molar-refractivity contribution in [3.8, 4) is 22.4 Å². The molecule has 0 N–H and O–H groups in total. The molecule has 0 amide bonds. The summed E-state index contributed by atoms with van der Waals surface area (Å²) in [5.74, 6) is -1.28. The number of para-hydroxylation sites is 1. The Kier molecular flexibility index (Phi) is 8.58. The molecule has 0 atom stereocenters. The van der Waals surface area contributed by atoms with Crippen molar-refractivity contribution in [3.05, 3.63) is 94.8 Å². The lowest BCUT2D eigenvalue weighted by molar-refractivity contribution is 0.0523. The normalized spacial score (nSPS) is 11.5. The van der Waals surface area contributed by atoms with Crippen LogP contribution in [-0.2, 0) is 9.47 Å². The largest absolute Gasteiger partial charge is 0.462 e. The summed E-state index contributed by atoms with van der Waals surface area (Å²) in [6.45, 7) is 14.0. The molecule has 0 spiro atoms. The van der Waals surface area contributed by atoms with E-state index in [1.54, 1.807) is 13.8 Å². The van der Waals surface area contributed by atoms with E-state index in [9.17, 15) is 9.59 Å². The first-order valence-electron chi connectivity index (χ1n) is 15.0. The molecular weight excluding hydrogens is 536 g/mol. The summed E-state index contributed by atoms with van der Waals surface area (Å²) in [4.78, 5) is 37.4. The van der Waals surface area contributed by atoms with Crippen LogP contribution in [0.5, 0.6) is 0 Å². The number of aryl methyl sites for hydroxylation is 1. The monoisotopic (exact) mass is 574 g/mol. The van der Waals surface area contributed by atoms with Gasteiger partial charge in [0.15, 0.2) is 0 Å². The van der Waals surface area contributed by atoms with Crippen LogP contribution in [-0.4, -0.2) is 35.1 Å². The molecule has 0 radical (unpaired) electrons. The molecule has 2 heterocycles.